The Morgan fingerprint density at radius 2 is 1.55 bits per heavy atom. The van der Waals surface area contributed by atoms with Crippen LogP contribution in [0, 0.1) is 0 Å². The Bertz CT molecular complexity index is 1100. The van der Waals surface area contributed by atoms with Gasteiger partial charge in [-0.25, -0.2) is 10.2 Å². The van der Waals surface area contributed by atoms with E-state index in [4.69, 9.17) is 25.8 Å². The zero-order chi connectivity index (χ0) is 22.2. The fourth-order valence-electron chi connectivity index (χ4n) is 2.57. The zero-order valence-electron chi connectivity index (χ0n) is 16.8. The van der Waals surface area contributed by atoms with Gasteiger partial charge in [-0.1, -0.05) is 11.6 Å². The van der Waals surface area contributed by atoms with E-state index in [1.54, 1.807) is 73.8 Å². The van der Waals surface area contributed by atoms with Crippen LogP contribution in [0.1, 0.15) is 26.3 Å². The number of nitrogens with zero attached hydrogens (tertiary/aromatic N) is 1. The summed E-state index contributed by atoms with van der Waals surface area (Å²) < 4.78 is 15.8. The molecular formula is C23H19ClN2O5. The van der Waals surface area contributed by atoms with Crippen molar-refractivity contribution in [2.45, 2.75) is 0 Å². The zero-order valence-corrected chi connectivity index (χ0v) is 17.6. The summed E-state index contributed by atoms with van der Waals surface area (Å²) >= 11 is 5.83. The van der Waals surface area contributed by atoms with Gasteiger partial charge in [-0.2, -0.15) is 5.10 Å². The molecule has 31 heavy (non-hydrogen) atoms. The standard InChI is InChI=1S/C23H19ClN2O5/c1-29-19-10-6-16(7-11-19)22(27)26-25-14-15-3-12-20(21(13-15)30-2)31-23(28)17-4-8-18(24)9-5-17/h3-14H,1-2H3,(H,26,27)/b25-14+. The molecule has 0 saturated heterocycles. The van der Waals surface area contributed by atoms with Crippen LogP contribution in [0.25, 0.3) is 0 Å². The predicted octanol–water partition coefficient (Wildman–Crippen LogP) is 4.34. The average molecular weight is 439 g/mol. The number of ether oxygens (including phenoxy) is 3. The Balaban J connectivity index is 1.65. The first-order valence-electron chi connectivity index (χ1n) is 9.13. The van der Waals surface area contributed by atoms with Gasteiger partial charge in [-0.15, -0.1) is 0 Å². The van der Waals surface area contributed by atoms with Crippen molar-refractivity contribution in [1.29, 1.82) is 0 Å². The van der Waals surface area contributed by atoms with Crippen LogP contribution in [-0.2, 0) is 0 Å². The summed E-state index contributed by atoms with van der Waals surface area (Å²) in [6.45, 7) is 0. The van der Waals surface area contributed by atoms with Crippen molar-refractivity contribution in [3.05, 3.63) is 88.4 Å². The van der Waals surface area contributed by atoms with Crippen molar-refractivity contribution in [2.75, 3.05) is 14.2 Å². The Morgan fingerprint density at radius 3 is 2.19 bits per heavy atom. The van der Waals surface area contributed by atoms with E-state index in [0.717, 1.165) is 0 Å². The summed E-state index contributed by atoms with van der Waals surface area (Å²) in [7, 11) is 3.01. The van der Waals surface area contributed by atoms with E-state index in [0.29, 0.717) is 33.2 Å². The average Bonchev–Trinajstić information content (AvgIpc) is 2.80. The summed E-state index contributed by atoms with van der Waals surface area (Å²) in [5, 5.41) is 4.48. The lowest BCUT2D eigenvalue weighted by atomic mass is 10.2. The first-order valence-corrected chi connectivity index (χ1v) is 9.51. The number of hydrogen-bond donors (Lipinski definition) is 1. The van der Waals surface area contributed by atoms with Gasteiger partial charge in [0.2, 0.25) is 0 Å². The van der Waals surface area contributed by atoms with Crippen LogP contribution in [-0.4, -0.2) is 32.3 Å². The van der Waals surface area contributed by atoms with Crippen LogP contribution >= 0.6 is 11.6 Å². The van der Waals surface area contributed by atoms with Crippen LogP contribution in [0.2, 0.25) is 5.02 Å². The highest BCUT2D eigenvalue weighted by molar-refractivity contribution is 6.30. The fraction of sp³-hybridized carbons (Fsp3) is 0.0870. The highest BCUT2D eigenvalue weighted by Gasteiger charge is 2.13. The molecule has 0 spiro atoms. The normalized spacial score (nSPS) is 10.5. The molecule has 0 unspecified atom stereocenters. The summed E-state index contributed by atoms with van der Waals surface area (Å²) in [5.41, 5.74) is 3.89. The number of hydrazone groups is 1. The molecule has 1 amide bonds. The molecule has 0 atom stereocenters. The quantitative estimate of drug-likeness (QED) is 0.256. The summed E-state index contributed by atoms with van der Waals surface area (Å²) in [6.07, 6.45) is 1.45. The highest BCUT2D eigenvalue weighted by Crippen LogP contribution is 2.28. The molecule has 0 bridgehead atoms. The van der Waals surface area contributed by atoms with Gasteiger partial charge in [-0.05, 0) is 72.3 Å². The minimum Gasteiger partial charge on any atom is -0.497 e. The molecule has 158 valence electrons. The number of rotatable bonds is 7. The van der Waals surface area contributed by atoms with Crippen LogP contribution < -0.4 is 19.6 Å². The third-order valence-corrected chi connectivity index (χ3v) is 4.45. The van der Waals surface area contributed by atoms with Gasteiger partial charge < -0.3 is 14.2 Å². The van der Waals surface area contributed by atoms with Gasteiger partial charge in [0.1, 0.15) is 5.75 Å². The second kappa shape index (κ2) is 10.3. The Labute approximate surface area is 184 Å². The fourth-order valence-corrected chi connectivity index (χ4v) is 2.69. The molecule has 3 aromatic rings. The lowest BCUT2D eigenvalue weighted by molar-refractivity contribution is 0.0729. The number of benzene rings is 3. The van der Waals surface area contributed by atoms with Crippen LogP contribution in [0.3, 0.4) is 0 Å². The molecule has 0 aliphatic heterocycles. The number of halogens is 1. The van der Waals surface area contributed by atoms with E-state index in [1.807, 2.05) is 0 Å². The number of methoxy groups -OCH3 is 2. The van der Waals surface area contributed by atoms with Gasteiger partial charge >= 0.3 is 5.97 Å². The van der Waals surface area contributed by atoms with Crippen LogP contribution in [0.15, 0.2) is 71.8 Å². The molecule has 1 N–H and O–H groups in total. The van der Waals surface area contributed by atoms with E-state index >= 15 is 0 Å². The number of hydrogen-bond acceptors (Lipinski definition) is 6. The molecule has 0 aliphatic carbocycles. The van der Waals surface area contributed by atoms with Gasteiger partial charge in [0, 0.05) is 10.6 Å². The molecular weight excluding hydrogens is 420 g/mol. The van der Waals surface area contributed by atoms with E-state index < -0.39 is 5.97 Å². The van der Waals surface area contributed by atoms with E-state index in [1.165, 1.54) is 13.3 Å². The third kappa shape index (κ3) is 5.83. The lowest BCUT2D eigenvalue weighted by Crippen LogP contribution is -2.17. The van der Waals surface area contributed by atoms with Crippen molar-refractivity contribution in [1.82, 2.24) is 5.43 Å². The molecule has 0 fully saturated rings. The summed E-state index contributed by atoms with van der Waals surface area (Å²) in [4.78, 5) is 24.4. The third-order valence-electron chi connectivity index (χ3n) is 4.20. The molecule has 7 nitrogen and oxygen atoms in total. The number of carbonyl (C=O) groups is 2. The predicted molar refractivity (Wildman–Crippen MR) is 117 cm³/mol. The van der Waals surface area contributed by atoms with E-state index in [2.05, 4.69) is 10.5 Å². The highest BCUT2D eigenvalue weighted by atomic mass is 35.5. The van der Waals surface area contributed by atoms with Crippen molar-refractivity contribution in [3.8, 4) is 17.2 Å². The number of amides is 1. The molecule has 3 aromatic carbocycles. The van der Waals surface area contributed by atoms with Gasteiger partial charge in [-0.3, -0.25) is 4.79 Å². The van der Waals surface area contributed by atoms with Gasteiger partial charge in [0.05, 0.1) is 26.0 Å². The van der Waals surface area contributed by atoms with Crippen LogP contribution in [0.4, 0.5) is 0 Å². The largest absolute Gasteiger partial charge is 0.497 e. The second-order valence-electron chi connectivity index (χ2n) is 6.23. The van der Waals surface area contributed by atoms with Crippen molar-refractivity contribution < 1.29 is 23.8 Å². The molecule has 3 rings (SSSR count). The Kier molecular flexibility index (Phi) is 7.24. The molecule has 0 saturated carbocycles. The minimum absolute atomic E-state index is 0.252. The minimum atomic E-state index is -0.539. The first-order chi connectivity index (χ1) is 15.0. The topological polar surface area (TPSA) is 86.2 Å². The van der Waals surface area contributed by atoms with Gasteiger partial charge in [0.25, 0.3) is 5.91 Å². The maximum Gasteiger partial charge on any atom is 0.343 e. The van der Waals surface area contributed by atoms with Crippen molar-refractivity contribution in [3.63, 3.8) is 0 Å². The lowest BCUT2D eigenvalue weighted by Gasteiger charge is -2.10. The van der Waals surface area contributed by atoms with E-state index in [-0.39, 0.29) is 11.7 Å². The number of esters is 1. The van der Waals surface area contributed by atoms with E-state index in [9.17, 15) is 9.59 Å². The SMILES string of the molecule is COc1ccc(C(=O)N/N=C/c2ccc(OC(=O)c3ccc(Cl)cc3)c(OC)c2)cc1. The summed E-state index contributed by atoms with van der Waals surface area (Å²) in [6, 6.07) is 17.9. The summed E-state index contributed by atoms with van der Waals surface area (Å²) in [5.74, 6) is 0.348. The smallest absolute Gasteiger partial charge is 0.343 e. The molecule has 0 aromatic heterocycles. The molecule has 0 radical (unpaired) electrons. The van der Waals surface area contributed by atoms with Crippen molar-refractivity contribution >= 4 is 29.7 Å². The molecule has 0 heterocycles. The Morgan fingerprint density at radius 1 is 0.871 bits per heavy atom. The Hall–Kier alpha value is -3.84. The monoisotopic (exact) mass is 438 g/mol. The van der Waals surface area contributed by atoms with Crippen molar-refractivity contribution in [2.24, 2.45) is 5.10 Å². The first kappa shape index (κ1) is 21.9. The molecule has 0 aliphatic rings. The maximum absolute atomic E-state index is 12.3. The number of nitrogens with one attached hydrogen (secondary N) is 1. The molecule has 8 heteroatoms. The van der Waals surface area contributed by atoms with Gasteiger partial charge in [0.15, 0.2) is 11.5 Å². The number of carbonyl (C=O) groups excluding carboxylic acids is 2. The second-order valence-corrected chi connectivity index (χ2v) is 6.67. The van der Waals surface area contributed by atoms with Crippen LogP contribution in [0.5, 0.6) is 17.2 Å². The maximum atomic E-state index is 12.3.